The molecule has 0 aromatic rings. The average molecular weight is 196 g/mol. The van der Waals surface area contributed by atoms with Crippen LogP contribution < -0.4 is 5.73 Å². The summed E-state index contributed by atoms with van der Waals surface area (Å²) in [5, 5.41) is 0. The summed E-state index contributed by atoms with van der Waals surface area (Å²) < 4.78 is 0. The van der Waals surface area contributed by atoms with Gasteiger partial charge in [-0.15, -0.1) is 0 Å². The van der Waals surface area contributed by atoms with Crippen molar-refractivity contribution in [1.29, 1.82) is 0 Å². The molecule has 1 spiro atoms. The first-order valence-corrected chi connectivity index (χ1v) is 5.74. The van der Waals surface area contributed by atoms with Gasteiger partial charge in [0.2, 0.25) is 5.91 Å². The zero-order valence-corrected chi connectivity index (χ0v) is 8.80. The predicted molar refractivity (Wildman–Crippen MR) is 55.8 cm³/mol. The molecule has 1 heterocycles. The molecule has 0 aromatic heterocycles. The molecule has 1 saturated carbocycles. The van der Waals surface area contributed by atoms with Crippen LogP contribution in [-0.2, 0) is 4.79 Å². The lowest BCUT2D eigenvalue weighted by Gasteiger charge is -2.39. The lowest BCUT2D eigenvalue weighted by atomic mass is 9.77. The van der Waals surface area contributed by atoms with E-state index in [1.165, 1.54) is 38.5 Å². The highest BCUT2D eigenvalue weighted by atomic mass is 16.2. The molecule has 1 aliphatic carbocycles. The van der Waals surface area contributed by atoms with Crippen molar-refractivity contribution in [3.8, 4) is 0 Å². The van der Waals surface area contributed by atoms with Crippen molar-refractivity contribution in [2.45, 2.75) is 38.5 Å². The van der Waals surface area contributed by atoms with Gasteiger partial charge in [-0.3, -0.25) is 4.79 Å². The molecule has 2 rings (SSSR count). The van der Waals surface area contributed by atoms with Crippen LogP contribution in [0, 0.1) is 5.41 Å². The van der Waals surface area contributed by atoms with Gasteiger partial charge in [0.05, 0.1) is 6.54 Å². The van der Waals surface area contributed by atoms with Crippen molar-refractivity contribution < 1.29 is 4.79 Å². The summed E-state index contributed by atoms with van der Waals surface area (Å²) in [6.07, 6.45) is 7.97. The van der Waals surface area contributed by atoms with E-state index in [2.05, 4.69) is 0 Å². The summed E-state index contributed by atoms with van der Waals surface area (Å²) in [5.41, 5.74) is 5.96. The maximum absolute atomic E-state index is 11.4. The Hall–Kier alpha value is -0.570. The van der Waals surface area contributed by atoms with Crippen molar-refractivity contribution in [3.05, 3.63) is 0 Å². The zero-order chi connectivity index (χ0) is 10.0. The molecule has 0 aromatic carbocycles. The van der Waals surface area contributed by atoms with Gasteiger partial charge in [0, 0.05) is 13.1 Å². The fourth-order valence-electron chi connectivity index (χ4n) is 2.98. The Labute approximate surface area is 85.6 Å². The van der Waals surface area contributed by atoms with E-state index in [0.717, 1.165) is 13.1 Å². The van der Waals surface area contributed by atoms with Crippen LogP contribution in [0.25, 0.3) is 0 Å². The number of nitrogens with two attached hydrogens (primary N) is 1. The number of hydrogen-bond acceptors (Lipinski definition) is 2. The maximum Gasteiger partial charge on any atom is 0.236 e. The van der Waals surface area contributed by atoms with Crippen molar-refractivity contribution in [3.63, 3.8) is 0 Å². The molecule has 2 fully saturated rings. The quantitative estimate of drug-likeness (QED) is 0.683. The van der Waals surface area contributed by atoms with Crippen molar-refractivity contribution in [2.24, 2.45) is 11.1 Å². The van der Waals surface area contributed by atoms with Crippen LogP contribution in [0.5, 0.6) is 0 Å². The summed E-state index contributed by atoms with van der Waals surface area (Å²) in [6.45, 7) is 2.05. The molecular weight excluding hydrogens is 176 g/mol. The zero-order valence-electron chi connectivity index (χ0n) is 8.80. The number of nitrogens with zero attached hydrogens (tertiary/aromatic N) is 1. The number of likely N-dealkylation sites (tertiary alicyclic amines) is 1. The van der Waals surface area contributed by atoms with E-state index in [9.17, 15) is 4.79 Å². The van der Waals surface area contributed by atoms with E-state index in [1.54, 1.807) is 0 Å². The number of amides is 1. The van der Waals surface area contributed by atoms with E-state index in [-0.39, 0.29) is 12.5 Å². The molecule has 1 saturated heterocycles. The Bertz CT molecular complexity index is 211. The molecule has 2 aliphatic rings. The van der Waals surface area contributed by atoms with Crippen LogP contribution in [-0.4, -0.2) is 30.4 Å². The van der Waals surface area contributed by atoms with Crippen LogP contribution in [0.15, 0.2) is 0 Å². The topological polar surface area (TPSA) is 46.3 Å². The highest BCUT2D eigenvalue weighted by molar-refractivity contribution is 5.78. The van der Waals surface area contributed by atoms with E-state index in [0.29, 0.717) is 5.41 Å². The smallest absolute Gasteiger partial charge is 0.236 e. The number of piperidine rings is 1. The first-order chi connectivity index (χ1) is 6.76. The second-order valence-electron chi connectivity index (χ2n) is 4.79. The van der Waals surface area contributed by atoms with Gasteiger partial charge in [0.15, 0.2) is 0 Å². The second kappa shape index (κ2) is 3.89. The Balaban J connectivity index is 1.88. The molecule has 1 amide bonds. The molecule has 0 atom stereocenters. The molecule has 0 unspecified atom stereocenters. The lowest BCUT2D eigenvalue weighted by Crippen LogP contribution is -2.44. The summed E-state index contributed by atoms with van der Waals surface area (Å²) in [5.74, 6) is 0.123. The first-order valence-electron chi connectivity index (χ1n) is 5.74. The summed E-state index contributed by atoms with van der Waals surface area (Å²) >= 11 is 0. The average Bonchev–Trinajstić information content (AvgIpc) is 2.67. The standard InChI is InChI=1S/C11H20N2O/c12-9-10(14)13-7-5-11(6-8-13)3-1-2-4-11/h1-9,12H2. The van der Waals surface area contributed by atoms with Gasteiger partial charge in [-0.2, -0.15) is 0 Å². The van der Waals surface area contributed by atoms with E-state index in [1.807, 2.05) is 4.90 Å². The largest absolute Gasteiger partial charge is 0.342 e. The SMILES string of the molecule is NCC(=O)N1CCC2(CCCC2)CC1. The molecule has 14 heavy (non-hydrogen) atoms. The Kier molecular flexibility index (Phi) is 2.77. The van der Waals surface area contributed by atoms with Gasteiger partial charge in [-0.05, 0) is 31.1 Å². The molecule has 80 valence electrons. The summed E-state index contributed by atoms with van der Waals surface area (Å²) in [4.78, 5) is 13.3. The first kappa shape index (κ1) is 9.97. The highest BCUT2D eigenvalue weighted by Crippen LogP contribution is 2.45. The van der Waals surface area contributed by atoms with Crippen molar-refractivity contribution in [2.75, 3.05) is 19.6 Å². The fourth-order valence-corrected chi connectivity index (χ4v) is 2.98. The number of rotatable bonds is 1. The maximum atomic E-state index is 11.4. The lowest BCUT2D eigenvalue weighted by molar-refractivity contribution is -0.131. The van der Waals surface area contributed by atoms with Crippen LogP contribution in [0.2, 0.25) is 0 Å². The second-order valence-corrected chi connectivity index (χ2v) is 4.79. The molecule has 0 bridgehead atoms. The van der Waals surface area contributed by atoms with Gasteiger partial charge < -0.3 is 10.6 Å². The van der Waals surface area contributed by atoms with Crippen LogP contribution in [0.1, 0.15) is 38.5 Å². The fraction of sp³-hybridized carbons (Fsp3) is 0.909. The molecule has 2 N–H and O–H groups in total. The molecular formula is C11H20N2O. The minimum atomic E-state index is 0.123. The van der Waals surface area contributed by atoms with E-state index < -0.39 is 0 Å². The number of carbonyl (C=O) groups is 1. The van der Waals surface area contributed by atoms with Crippen molar-refractivity contribution in [1.82, 2.24) is 4.90 Å². The van der Waals surface area contributed by atoms with Crippen LogP contribution in [0.3, 0.4) is 0 Å². The van der Waals surface area contributed by atoms with Crippen LogP contribution in [0.4, 0.5) is 0 Å². The normalized spacial score (nSPS) is 25.6. The number of carbonyl (C=O) groups excluding carboxylic acids is 1. The summed E-state index contributed by atoms with van der Waals surface area (Å²) in [7, 11) is 0. The minimum Gasteiger partial charge on any atom is -0.342 e. The third kappa shape index (κ3) is 1.78. The van der Waals surface area contributed by atoms with E-state index >= 15 is 0 Å². The van der Waals surface area contributed by atoms with Gasteiger partial charge in [-0.1, -0.05) is 12.8 Å². The molecule has 3 nitrogen and oxygen atoms in total. The predicted octanol–water partition coefficient (Wildman–Crippen LogP) is 1.13. The minimum absolute atomic E-state index is 0.123. The molecule has 3 heteroatoms. The Morgan fingerprint density at radius 2 is 1.71 bits per heavy atom. The van der Waals surface area contributed by atoms with Crippen molar-refractivity contribution >= 4 is 5.91 Å². The Morgan fingerprint density at radius 1 is 1.14 bits per heavy atom. The van der Waals surface area contributed by atoms with Gasteiger partial charge in [-0.25, -0.2) is 0 Å². The third-order valence-corrected chi connectivity index (χ3v) is 4.02. The monoisotopic (exact) mass is 196 g/mol. The summed E-state index contributed by atoms with van der Waals surface area (Å²) in [6, 6.07) is 0. The molecule has 0 radical (unpaired) electrons. The van der Waals surface area contributed by atoms with Crippen LogP contribution >= 0.6 is 0 Å². The van der Waals surface area contributed by atoms with Gasteiger partial charge >= 0.3 is 0 Å². The Morgan fingerprint density at radius 3 is 2.21 bits per heavy atom. The highest BCUT2D eigenvalue weighted by Gasteiger charge is 2.37. The van der Waals surface area contributed by atoms with Gasteiger partial charge in [0.25, 0.3) is 0 Å². The molecule has 1 aliphatic heterocycles. The number of hydrogen-bond donors (Lipinski definition) is 1. The van der Waals surface area contributed by atoms with Gasteiger partial charge in [0.1, 0.15) is 0 Å². The third-order valence-electron chi connectivity index (χ3n) is 4.02. The van der Waals surface area contributed by atoms with E-state index in [4.69, 9.17) is 5.73 Å².